The molecule has 100 valence electrons. The molecule has 1 rings (SSSR count). The van der Waals surface area contributed by atoms with Crippen molar-refractivity contribution in [2.24, 2.45) is 10.9 Å². The van der Waals surface area contributed by atoms with Crippen LogP contribution in [0, 0.1) is 5.92 Å². The summed E-state index contributed by atoms with van der Waals surface area (Å²) in [4.78, 5) is 5.05. The summed E-state index contributed by atoms with van der Waals surface area (Å²) >= 11 is 0. The molecule has 0 aromatic rings. The van der Waals surface area contributed by atoms with Crippen LogP contribution >= 0.6 is 0 Å². The van der Waals surface area contributed by atoms with E-state index < -0.39 is 8.07 Å². The highest BCUT2D eigenvalue weighted by Gasteiger charge is 2.44. The van der Waals surface area contributed by atoms with Crippen LogP contribution in [0.5, 0.6) is 0 Å². The Bertz CT molecular complexity index is 258. The first kappa shape index (κ1) is 14.9. The number of aliphatic imine (C=N–C) groups is 1. The summed E-state index contributed by atoms with van der Waals surface area (Å²) in [6, 6.07) is 4.97. The lowest BCUT2D eigenvalue weighted by molar-refractivity contribution is 0.482. The van der Waals surface area contributed by atoms with Crippen molar-refractivity contribution in [1.82, 2.24) is 0 Å². The minimum absolute atomic E-state index is 0.636. The van der Waals surface area contributed by atoms with Crippen LogP contribution in [0.1, 0.15) is 54.4 Å². The zero-order valence-electron chi connectivity index (χ0n) is 12.7. The molecule has 0 saturated carbocycles. The number of hydrogen-bond donors (Lipinski definition) is 0. The first-order valence-electron chi connectivity index (χ1n) is 7.60. The van der Waals surface area contributed by atoms with E-state index >= 15 is 0 Å². The molecular weight excluding hydrogens is 222 g/mol. The van der Waals surface area contributed by atoms with Crippen LogP contribution in [-0.2, 0) is 0 Å². The van der Waals surface area contributed by atoms with Gasteiger partial charge in [0.15, 0.2) is 0 Å². The third-order valence-electron chi connectivity index (χ3n) is 5.19. The second-order valence-electron chi connectivity index (χ2n) is 6.02. The Morgan fingerprint density at radius 3 is 2.00 bits per heavy atom. The molecule has 0 saturated heterocycles. The van der Waals surface area contributed by atoms with Gasteiger partial charge in [0.1, 0.15) is 0 Å². The molecule has 0 N–H and O–H groups in total. The van der Waals surface area contributed by atoms with Crippen molar-refractivity contribution in [1.29, 1.82) is 0 Å². The molecule has 0 bridgehead atoms. The largest absolute Gasteiger partial charge is 0.291 e. The van der Waals surface area contributed by atoms with Crippen molar-refractivity contribution in [3.63, 3.8) is 0 Å². The fraction of sp³-hybridized carbons (Fsp3) is 0.933. The Balaban J connectivity index is 2.96. The van der Waals surface area contributed by atoms with Crippen LogP contribution in [0.4, 0.5) is 0 Å². The molecule has 2 atom stereocenters. The van der Waals surface area contributed by atoms with E-state index in [9.17, 15) is 0 Å². The van der Waals surface area contributed by atoms with Gasteiger partial charge in [-0.15, -0.1) is 0 Å². The van der Waals surface area contributed by atoms with Gasteiger partial charge in [-0.3, -0.25) is 4.99 Å². The standard InChI is InChI=1S/C15H31NSi/c1-7-13-11-14(15(16-13)12(5)6)17(8-2,9-3)10-4/h12,14-15H,7-11H2,1-6H3/t14-,15+/m1/s1. The summed E-state index contributed by atoms with van der Waals surface area (Å²) < 4.78 is 0. The Hall–Kier alpha value is -0.113. The van der Waals surface area contributed by atoms with Crippen molar-refractivity contribution in [3.05, 3.63) is 0 Å². The SMILES string of the molecule is CCC1=N[C@@H](C(C)C)[C@H]([Si](CC)(CC)CC)C1. The third-order valence-corrected chi connectivity index (χ3v) is 11.5. The van der Waals surface area contributed by atoms with E-state index in [0.717, 1.165) is 11.5 Å². The molecule has 0 fully saturated rings. The van der Waals surface area contributed by atoms with Crippen LogP contribution in [-0.4, -0.2) is 19.8 Å². The fourth-order valence-corrected chi connectivity index (χ4v) is 8.62. The van der Waals surface area contributed by atoms with Crippen molar-refractivity contribution >= 4 is 13.8 Å². The monoisotopic (exact) mass is 253 g/mol. The minimum atomic E-state index is -1.08. The summed E-state index contributed by atoms with van der Waals surface area (Å²) in [6.07, 6.45) is 2.49. The normalized spacial score (nSPS) is 25.5. The average molecular weight is 254 g/mol. The third kappa shape index (κ3) is 2.83. The molecule has 0 spiro atoms. The van der Waals surface area contributed by atoms with Gasteiger partial charge in [0.2, 0.25) is 0 Å². The van der Waals surface area contributed by atoms with Crippen molar-refractivity contribution in [2.75, 3.05) is 0 Å². The molecule has 1 aliphatic heterocycles. The highest BCUT2D eigenvalue weighted by molar-refractivity contribution is 6.81. The maximum absolute atomic E-state index is 5.05. The van der Waals surface area contributed by atoms with E-state index in [2.05, 4.69) is 41.5 Å². The molecule has 1 heterocycles. The van der Waals surface area contributed by atoms with Crippen LogP contribution < -0.4 is 0 Å². The summed E-state index contributed by atoms with van der Waals surface area (Å²) in [6.45, 7) is 14.3. The Kier molecular flexibility index (Phi) is 5.43. The number of hydrogen-bond acceptors (Lipinski definition) is 1. The predicted octanol–water partition coefficient (Wildman–Crippen LogP) is 5.14. The summed E-state index contributed by atoms with van der Waals surface area (Å²) in [5, 5.41) is 0. The van der Waals surface area contributed by atoms with E-state index in [1.54, 1.807) is 0 Å². The molecule has 0 aliphatic carbocycles. The van der Waals surface area contributed by atoms with Gasteiger partial charge in [0.25, 0.3) is 0 Å². The minimum Gasteiger partial charge on any atom is -0.291 e. The quantitative estimate of drug-likeness (QED) is 0.581. The first-order chi connectivity index (χ1) is 8.04. The molecule has 1 aliphatic rings. The van der Waals surface area contributed by atoms with Crippen molar-refractivity contribution < 1.29 is 0 Å². The van der Waals surface area contributed by atoms with Crippen LogP contribution in [0.3, 0.4) is 0 Å². The second-order valence-corrected chi connectivity index (χ2v) is 11.6. The van der Waals surface area contributed by atoms with E-state index in [-0.39, 0.29) is 0 Å². The molecule has 2 heteroatoms. The van der Waals surface area contributed by atoms with Gasteiger partial charge in [-0.2, -0.15) is 0 Å². The molecular formula is C15H31NSi. The lowest BCUT2D eigenvalue weighted by atomic mass is 10.0. The number of rotatable bonds is 6. The van der Waals surface area contributed by atoms with Gasteiger partial charge in [-0.05, 0) is 24.3 Å². The highest BCUT2D eigenvalue weighted by Crippen LogP contribution is 2.45. The molecule has 0 aromatic carbocycles. The molecule has 0 radical (unpaired) electrons. The smallest absolute Gasteiger partial charge is 0.0586 e. The van der Waals surface area contributed by atoms with E-state index in [0.29, 0.717) is 6.04 Å². The fourth-order valence-electron chi connectivity index (χ4n) is 3.69. The van der Waals surface area contributed by atoms with E-state index in [1.165, 1.54) is 36.7 Å². The molecule has 0 aromatic heterocycles. The average Bonchev–Trinajstić information content (AvgIpc) is 2.77. The highest BCUT2D eigenvalue weighted by atomic mass is 28.3. The molecule has 17 heavy (non-hydrogen) atoms. The lowest BCUT2D eigenvalue weighted by Crippen LogP contribution is -2.42. The van der Waals surface area contributed by atoms with Crippen molar-refractivity contribution in [3.8, 4) is 0 Å². The van der Waals surface area contributed by atoms with Gasteiger partial charge < -0.3 is 0 Å². The maximum Gasteiger partial charge on any atom is 0.0586 e. The molecule has 0 amide bonds. The summed E-state index contributed by atoms with van der Waals surface area (Å²) in [5.41, 5.74) is 2.43. The zero-order chi connectivity index (χ0) is 13.1. The van der Waals surface area contributed by atoms with E-state index in [1.807, 2.05) is 0 Å². The lowest BCUT2D eigenvalue weighted by Gasteiger charge is -2.39. The van der Waals surface area contributed by atoms with Crippen LogP contribution in [0.15, 0.2) is 4.99 Å². The van der Waals surface area contributed by atoms with Gasteiger partial charge in [-0.25, -0.2) is 0 Å². The topological polar surface area (TPSA) is 12.4 Å². The van der Waals surface area contributed by atoms with Gasteiger partial charge in [-0.1, -0.05) is 59.7 Å². The first-order valence-corrected chi connectivity index (χ1v) is 10.3. The summed E-state index contributed by atoms with van der Waals surface area (Å²) in [5.74, 6) is 0.723. The predicted molar refractivity (Wildman–Crippen MR) is 81.9 cm³/mol. The molecule has 0 unspecified atom stereocenters. The second kappa shape index (κ2) is 6.17. The van der Waals surface area contributed by atoms with Crippen molar-refractivity contribution in [2.45, 2.75) is 84.1 Å². The summed E-state index contributed by atoms with van der Waals surface area (Å²) in [7, 11) is -1.08. The van der Waals surface area contributed by atoms with E-state index in [4.69, 9.17) is 4.99 Å². The maximum atomic E-state index is 5.05. The Morgan fingerprint density at radius 2 is 1.65 bits per heavy atom. The number of nitrogens with zero attached hydrogens (tertiary/aromatic N) is 1. The van der Waals surface area contributed by atoms with Gasteiger partial charge >= 0.3 is 0 Å². The van der Waals surface area contributed by atoms with Crippen LogP contribution in [0.2, 0.25) is 23.7 Å². The van der Waals surface area contributed by atoms with Gasteiger partial charge in [0, 0.05) is 5.71 Å². The zero-order valence-corrected chi connectivity index (χ0v) is 13.7. The Morgan fingerprint density at radius 1 is 1.12 bits per heavy atom. The Labute approximate surface area is 109 Å². The van der Waals surface area contributed by atoms with Crippen LogP contribution in [0.25, 0.3) is 0 Å². The molecule has 1 nitrogen and oxygen atoms in total. The van der Waals surface area contributed by atoms with Gasteiger partial charge in [0.05, 0.1) is 14.1 Å².